The summed E-state index contributed by atoms with van der Waals surface area (Å²) in [6.07, 6.45) is 1.19. The van der Waals surface area contributed by atoms with Crippen LogP contribution >= 0.6 is 11.6 Å². The molecular formula is C21H25ClN2O4. The minimum atomic E-state index is -0.306. The molecule has 2 rings (SSSR count). The van der Waals surface area contributed by atoms with E-state index in [-0.39, 0.29) is 11.8 Å². The molecule has 6 nitrogen and oxygen atoms in total. The summed E-state index contributed by atoms with van der Waals surface area (Å²) in [7, 11) is 0. The summed E-state index contributed by atoms with van der Waals surface area (Å²) in [5, 5.41) is 5.94. The van der Waals surface area contributed by atoms with Gasteiger partial charge >= 0.3 is 0 Å². The molecule has 150 valence electrons. The smallest absolute Gasteiger partial charge is 0.255 e. The van der Waals surface area contributed by atoms with Crippen LogP contribution in [-0.2, 0) is 9.53 Å². The van der Waals surface area contributed by atoms with Crippen molar-refractivity contribution in [2.45, 2.75) is 26.7 Å². The second-order valence-electron chi connectivity index (χ2n) is 6.02. The Morgan fingerprint density at radius 2 is 1.75 bits per heavy atom. The Morgan fingerprint density at radius 3 is 2.43 bits per heavy atom. The molecule has 0 bridgehead atoms. The van der Waals surface area contributed by atoms with Gasteiger partial charge in [-0.05, 0) is 55.8 Å². The molecule has 2 amide bonds. The third-order valence-corrected chi connectivity index (χ3v) is 4.12. The lowest BCUT2D eigenvalue weighted by Crippen LogP contribution is -2.14. The third kappa shape index (κ3) is 6.87. The molecule has 7 heteroatoms. The first kappa shape index (κ1) is 21.7. The lowest BCUT2D eigenvalue weighted by molar-refractivity contribution is -0.116. The Bertz CT molecular complexity index is 793. The second kappa shape index (κ2) is 11.3. The van der Waals surface area contributed by atoms with E-state index < -0.39 is 0 Å². The van der Waals surface area contributed by atoms with Crippen LogP contribution in [0.25, 0.3) is 0 Å². The molecule has 0 saturated carbocycles. The molecular weight excluding hydrogens is 380 g/mol. The molecule has 0 atom stereocenters. The molecule has 0 aliphatic heterocycles. The predicted octanol–water partition coefficient (Wildman–Crippen LogP) is 4.75. The van der Waals surface area contributed by atoms with Crippen LogP contribution in [0.15, 0.2) is 42.5 Å². The summed E-state index contributed by atoms with van der Waals surface area (Å²) in [6, 6.07) is 11.8. The summed E-state index contributed by atoms with van der Waals surface area (Å²) in [4.78, 5) is 24.2. The van der Waals surface area contributed by atoms with E-state index in [4.69, 9.17) is 21.1 Å². The maximum absolute atomic E-state index is 12.5. The molecule has 0 radical (unpaired) electrons. The number of hydrogen-bond acceptors (Lipinski definition) is 4. The van der Waals surface area contributed by atoms with Crippen LogP contribution in [0.1, 0.15) is 37.0 Å². The standard InChI is InChI=1S/C21H25ClN2O4/c1-3-5-20(25)23-16-8-11-18(22)19(14-16)24-21(26)15-6-9-17(10-7-15)28-13-12-27-4-2/h6-11,14H,3-5,12-13H2,1-2H3,(H,23,25)(H,24,26). The van der Waals surface area contributed by atoms with Gasteiger partial charge in [-0.2, -0.15) is 0 Å². The Hall–Kier alpha value is -2.57. The highest BCUT2D eigenvalue weighted by molar-refractivity contribution is 6.34. The molecule has 0 saturated heterocycles. The number of nitrogens with one attached hydrogen (secondary N) is 2. The van der Waals surface area contributed by atoms with Crippen LogP contribution < -0.4 is 15.4 Å². The largest absolute Gasteiger partial charge is 0.491 e. The number of halogens is 1. The molecule has 0 aliphatic rings. The van der Waals surface area contributed by atoms with Gasteiger partial charge in [0.25, 0.3) is 5.91 Å². The molecule has 0 aliphatic carbocycles. The number of anilines is 2. The van der Waals surface area contributed by atoms with Gasteiger partial charge in [0.2, 0.25) is 5.91 Å². The third-order valence-electron chi connectivity index (χ3n) is 3.79. The molecule has 0 fully saturated rings. The quantitative estimate of drug-likeness (QED) is 0.560. The number of rotatable bonds is 10. The Morgan fingerprint density at radius 1 is 1.00 bits per heavy atom. The maximum Gasteiger partial charge on any atom is 0.255 e. The summed E-state index contributed by atoms with van der Waals surface area (Å²) in [5.41, 5.74) is 1.47. The number of amides is 2. The SMILES string of the molecule is CCCC(=O)Nc1ccc(Cl)c(NC(=O)c2ccc(OCCOCC)cc2)c1. The van der Waals surface area contributed by atoms with Gasteiger partial charge in [-0.15, -0.1) is 0 Å². The van der Waals surface area contributed by atoms with Gasteiger partial charge in [-0.25, -0.2) is 0 Å². The van der Waals surface area contributed by atoms with Gasteiger partial charge in [-0.3, -0.25) is 9.59 Å². The molecule has 0 unspecified atom stereocenters. The van der Waals surface area contributed by atoms with Crippen molar-refractivity contribution in [3.8, 4) is 5.75 Å². The van der Waals surface area contributed by atoms with E-state index in [1.165, 1.54) is 0 Å². The van der Waals surface area contributed by atoms with E-state index in [1.54, 1.807) is 42.5 Å². The van der Waals surface area contributed by atoms with Crippen LogP contribution in [0.2, 0.25) is 5.02 Å². The Balaban J connectivity index is 1.98. The van der Waals surface area contributed by atoms with Gasteiger partial charge < -0.3 is 20.1 Å². The van der Waals surface area contributed by atoms with Crippen molar-refractivity contribution in [2.75, 3.05) is 30.5 Å². The van der Waals surface area contributed by atoms with Gasteiger partial charge in [0.15, 0.2) is 0 Å². The summed E-state index contributed by atoms with van der Waals surface area (Å²) < 4.78 is 10.7. The van der Waals surface area contributed by atoms with E-state index >= 15 is 0 Å². The zero-order valence-corrected chi connectivity index (χ0v) is 16.8. The highest BCUT2D eigenvalue weighted by Crippen LogP contribution is 2.26. The first-order chi connectivity index (χ1) is 13.5. The van der Waals surface area contributed by atoms with E-state index in [0.29, 0.717) is 54.0 Å². The van der Waals surface area contributed by atoms with Crippen LogP contribution in [0.5, 0.6) is 5.75 Å². The molecule has 0 spiro atoms. The monoisotopic (exact) mass is 404 g/mol. The van der Waals surface area contributed by atoms with Gasteiger partial charge in [0.05, 0.1) is 17.3 Å². The summed E-state index contributed by atoms with van der Waals surface area (Å²) in [5.74, 6) is 0.275. The molecule has 2 N–H and O–H groups in total. The van der Waals surface area contributed by atoms with E-state index in [1.807, 2.05) is 13.8 Å². The maximum atomic E-state index is 12.5. The van der Waals surface area contributed by atoms with E-state index in [9.17, 15) is 9.59 Å². The minimum absolute atomic E-state index is 0.0815. The van der Waals surface area contributed by atoms with Crippen LogP contribution in [0.4, 0.5) is 11.4 Å². The van der Waals surface area contributed by atoms with E-state index in [2.05, 4.69) is 10.6 Å². The van der Waals surface area contributed by atoms with Crippen molar-refractivity contribution >= 4 is 34.8 Å². The van der Waals surface area contributed by atoms with Crippen molar-refractivity contribution in [1.82, 2.24) is 0 Å². The van der Waals surface area contributed by atoms with Crippen LogP contribution in [0.3, 0.4) is 0 Å². The number of ether oxygens (including phenoxy) is 2. The average molecular weight is 405 g/mol. The number of carbonyl (C=O) groups is 2. The number of hydrogen-bond donors (Lipinski definition) is 2. The molecule has 0 aromatic heterocycles. The van der Waals surface area contributed by atoms with Crippen LogP contribution in [0, 0.1) is 0 Å². The van der Waals surface area contributed by atoms with Gasteiger partial charge in [0, 0.05) is 24.3 Å². The van der Waals surface area contributed by atoms with Gasteiger partial charge in [0.1, 0.15) is 12.4 Å². The summed E-state index contributed by atoms with van der Waals surface area (Å²) in [6.45, 7) is 5.47. The highest BCUT2D eigenvalue weighted by atomic mass is 35.5. The second-order valence-corrected chi connectivity index (χ2v) is 6.42. The van der Waals surface area contributed by atoms with Crippen molar-refractivity contribution in [1.29, 1.82) is 0 Å². The van der Waals surface area contributed by atoms with Crippen molar-refractivity contribution in [3.63, 3.8) is 0 Å². The first-order valence-electron chi connectivity index (χ1n) is 9.24. The molecule has 2 aromatic rings. The minimum Gasteiger partial charge on any atom is -0.491 e. The highest BCUT2D eigenvalue weighted by Gasteiger charge is 2.11. The fourth-order valence-electron chi connectivity index (χ4n) is 2.41. The van der Waals surface area contributed by atoms with E-state index in [0.717, 1.165) is 6.42 Å². The lowest BCUT2D eigenvalue weighted by atomic mass is 10.2. The van der Waals surface area contributed by atoms with Crippen molar-refractivity contribution in [3.05, 3.63) is 53.1 Å². The number of carbonyl (C=O) groups excluding carboxylic acids is 2. The zero-order valence-electron chi connectivity index (χ0n) is 16.1. The average Bonchev–Trinajstić information content (AvgIpc) is 2.68. The van der Waals surface area contributed by atoms with Crippen molar-refractivity contribution < 1.29 is 19.1 Å². The fraction of sp³-hybridized carbons (Fsp3) is 0.333. The predicted molar refractivity (Wildman–Crippen MR) is 111 cm³/mol. The first-order valence-corrected chi connectivity index (χ1v) is 9.62. The molecule has 28 heavy (non-hydrogen) atoms. The number of benzene rings is 2. The summed E-state index contributed by atoms with van der Waals surface area (Å²) >= 11 is 6.17. The fourth-order valence-corrected chi connectivity index (χ4v) is 2.57. The molecule has 0 heterocycles. The van der Waals surface area contributed by atoms with Crippen LogP contribution in [-0.4, -0.2) is 31.6 Å². The molecule has 2 aromatic carbocycles. The Kier molecular flexibility index (Phi) is 8.78. The van der Waals surface area contributed by atoms with Gasteiger partial charge in [-0.1, -0.05) is 18.5 Å². The normalized spacial score (nSPS) is 10.4. The Labute approximate surface area is 170 Å². The topological polar surface area (TPSA) is 76.7 Å². The zero-order chi connectivity index (χ0) is 20.4. The van der Waals surface area contributed by atoms with Crippen molar-refractivity contribution in [2.24, 2.45) is 0 Å². The lowest BCUT2D eigenvalue weighted by Gasteiger charge is -2.11.